The van der Waals surface area contributed by atoms with E-state index in [1.165, 1.54) is 0 Å². The van der Waals surface area contributed by atoms with Gasteiger partial charge in [-0.25, -0.2) is 0 Å². The molecule has 0 heterocycles. The van der Waals surface area contributed by atoms with Gasteiger partial charge in [-0.3, -0.25) is 4.79 Å². The van der Waals surface area contributed by atoms with Gasteiger partial charge < -0.3 is 15.0 Å². The molecule has 0 unspecified atom stereocenters. The van der Waals surface area contributed by atoms with Crippen molar-refractivity contribution in [2.75, 3.05) is 30.9 Å². The molecule has 4 nitrogen and oxygen atoms in total. The van der Waals surface area contributed by atoms with E-state index in [0.29, 0.717) is 0 Å². The molecule has 0 atom stereocenters. The van der Waals surface area contributed by atoms with Crippen LogP contribution in [0.15, 0.2) is 24.3 Å². The third-order valence-corrected chi connectivity index (χ3v) is 2.18. The summed E-state index contributed by atoms with van der Waals surface area (Å²) >= 11 is 0. The Morgan fingerprint density at radius 3 is 2.59 bits per heavy atom. The van der Waals surface area contributed by atoms with Gasteiger partial charge in [0.15, 0.2) is 0 Å². The van der Waals surface area contributed by atoms with Crippen LogP contribution in [0.4, 0.5) is 11.4 Å². The highest BCUT2D eigenvalue weighted by Gasteiger charge is 2.07. The summed E-state index contributed by atoms with van der Waals surface area (Å²) < 4.78 is 5.06. The van der Waals surface area contributed by atoms with E-state index in [2.05, 4.69) is 5.32 Å². The molecule has 0 fully saturated rings. The van der Waals surface area contributed by atoms with Crippen molar-refractivity contribution in [3.63, 3.8) is 0 Å². The van der Waals surface area contributed by atoms with E-state index in [1.54, 1.807) is 0 Å². The smallest absolute Gasteiger partial charge is 0.325 e. The molecule has 0 aliphatic rings. The lowest BCUT2D eigenvalue weighted by Gasteiger charge is -2.18. The minimum absolute atomic E-state index is 0.0756. The Morgan fingerprint density at radius 1 is 1.35 bits per heavy atom. The maximum atomic E-state index is 11.4. The van der Waals surface area contributed by atoms with Gasteiger partial charge in [-0.2, -0.15) is 0 Å². The fraction of sp³-hybridized carbons (Fsp3) is 0.462. The third kappa shape index (κ3) is 4.34. The molecule has 0 aromatic heterocycles. The van der Waals surface area contributed by atoms with Gasteiger partial charge in [-0.15, -0.1) is 0 Å². The summed E-state index contributed by atoms with van der Waals surface area (Å²) in [6, 6.07) is 7.84. The molecule has 0 spiro atoms. The predicted octanol–water partition coefficient (Wildman–Crippen LogP) is 2.12. The monoisotopic (exact) mass is 236 g/mol. The highest BCUT2D eigenvalue weighted by Crippen LogP contribution is 2.22. The molecule has 1 rings (SSSR count). The van der Waals surface area contributed by atoms with Crippen LogP contribution >= 0.6 is 0 Å². The number of hydrogen-bond acceptors (Lipinski definition) is 4. The zero-order valence-corrected chi connectivity index (χ0v) is 10.9. The quantitative estimate of drug-likeness (QED) is 0.795. The maximum absolute atomic E-state index is 11.4. The Labute approximate surface area is 103 Å². The molecule has 0 amide bonds. The molecule has 1 aromatic carbocycles. The van der Waals surface area contributed by atoms with Crippen molar-refractivity contribution in [2.24, 2.45) is 0 Å². The molecule has 0 aliphatic heterocycles. The van der Waals surface area contributed by atoms with Crippen LogP contribution < -0.4 is 10.2 Å². The molecular formula is C13H20N2O2. The van der Waals surface area contributed by atoms with Gasteiger partial charge in [0.05, 0.1) is 17.5 Å². The van der Waals surface area contributed by atoms with E-state index in [1.807, 2.05) is 57.1 Å². The summed E-state index contributed by atoms with van der Waals surface area (Å²) in [5.74, 6) is -0.242. The van der Waals surface area contributed by atoms with Gasteiger partial charge in [0.1, 0.15) is 6.54 Å². The van der Waals surface area contributed by atoms with Crippen LogP contribution in [0, 0.1) is 0 Å². The van der Waals surface area contributed by atoms with Crippen LogP contribution in [0.5, 0.6) is 0 Å². The zero-order chi connectivity index (χ0) is 12.8. The second-order valence-corrected chi connectivity index (χ2v) is 4.30. The van der Waals surface area contributed by atoms with Gasteiger partial charge in [0.2, 0.25) is 0 Å². The predicted molar refractivity (Wildman–Crippen MR) is 70.5 cm³/mol. The largest absolute Gasteiger partial charge is 0.462 e. The number of para-hydroxylation sites is 2. The molecule has 1 N–H and O–H groups in total. The summed E-state index contributed by atoms with van der Waals surface area (Å²) in [7, 11) is 3.93. The van der Waals surface area contributed by atoms with Gasteiger partial charge >= 0.3 is 5.97 Å². The lowest BCUT2D eigenvalue weighted by atomic mass is 10.2. The number of esters is 1. The number of benzene rings is 1. The van der Waals surface area contributed by atoms with E-state index >= 15 is 0 Å². The molecule has 0 saturated heterocycles. The van der Waals surface area contributed by atoms with Crippen LogP contribution in [-0.4, -0.2) is 32.7 Å². The van der Waals surface area contributed by atoms with E-state index in [9.17, 15) is 4.79 Å². The van der Waals surface area contributed by atoms with Crippen LogP contribution in [-0.2, 0) is 9.53 Å². The SMILES string of the molecule is CC(C)OC(=O)CNc1ccccc1N(C)C. The van der Waals surface area contributed by atoms with Gasteiger partial charge in [-0.05, 0) is 26.0 Å². The maximum Gasteiger partial charge on any atom is 0.325 e. The first-order valence-corrected chi connectivity index (χ1v) is 5.70. The average Bonchev–Trinajstić information content (AvgIpc) is 2.25. The molecule has 0 bridgehead atoms. The van der Waals surface area contributed by atoms with Crippen molar-refractivity contribution in [3.05, 3.63) is 24.3 Å². The standard InChI is InChI=1S/C13H20N2O2/c1-10(2)17-13(16)9-14-11-7-5-6-8-12(11)15(3)4/h5-8,10,14H,9H2,1-4H3. The molecule has 0 saturated carbocycles. The number of carbonyl (C=O) groups excluding carboxylic acids is 1. The van der Waals surface area contributed by atoms with Crippen molar-refractivity contribution >= 4 is 17.3 Å². The topological polar surface area (TPSA) is 41.6 Å². The second-order valence-electron chi connectivity index (χ2n) is 4.30. The fourth-order valence-corrected chi connectivity index (χ4v) is 1.49. The second kappa shape index (κ2) is 6.13. The number of rotatable bonds is 5. The fourth-order valence-electron chi connectivity index (χ4n) is 1.49. The van der Waals surface area contributed by atoms with Gasteiger partial charge in [0.25, 0.3) is 0 Å². The Morgan fingerprint density at radius 2 is 2.00 bits per heavy atom. The third-order valence-electron chi connectivity index (χ3n) is 2.18. The Hall–Kier alpha value is -1.71. The van der Waals surface area contributed by atoms with Gasteiger partial charge in [-0.1, -0.05) is 12.1 Å². The Bertz CT molecular complexity index is 375. The normalized spacial score (nSPS) is 10.2. The minimum atomic E-state index is -0.242. The van der Waals surface area contributed by atoms with Crippen molar-refractivity contribution in [3.8, 4) is 0 Å². The molecule has 17 heavy (non-hydrogen) atoms. The summed E-state index contributed by atoms with van der Waals surface area (Å²) in [5, 5.41) is 3.08. The van der Waals surface area contributed by atoms with E-state index in [0.717, 1.165) is 11.4 Å². The van der Waals surface area contributed by atoms with Crippen LogP contribution in [0.25, 0.3) is 0 Å². The van der Waals surface area contributed by atoms with Crippen molar-refractivity contribution in [1.82, 2.24) is 0 Å². The molecule has 0 aliphatic carbocycles. The summed E-state index contributed by atoms with van der Waals surface area (Å²) in [6.07, 6.45) is -0.0756. The van der Waals surface area contributed by atoms with E-state index in [-0.39, 0.29) is 18.6 Å². The Balaban J connectivity index is 2.60. The minimum Gasteiger partial charge on any atom is -0.462 e. The summed E-state index contributed by atoms with van der Waals surface area (Å²) in [4.78, 5) is 13.4. The van der Waals surface area contributed by atoms with Crippen molar-refractivity contribution in [1.29, 1.82) is 0 Å². The highest BCUT2D eigenvalue weighted by atomic mass is 16.5. The molecule has 4 heteroatoms. The first kappa shape index (κ1) is 13.4. The molecule has 94 valence electrons. The number of carbonyl (C=O) groups is 1. The number of anilines is 2. The van der Waals surface area contributed by atoms with Gasteiger partial charge in [0, 0.05) is 14.1 Å². The first-order chi connectivity index (χ1) is 8.00. The molecule has 1 aromatic rings. The number of hydrogen-bond donors (Lipinski definition) is 1. The van der Waals surface area contributed by atoms with E-state index < -0.39 is 0 Å². The van der Waals surface area contributed by atoms with Crippen LogP contribution in [0.3, 0.4) is 0 Å². The lowest BCUT2D eigenvalue weighted by Crippen LogP contribution is -2.21. The molecular weight excluding hydrogens is 216 g/mol. The number of ether oxygens (including phenoxy) is 1. The van der Waals surface area contributed by atoms with Crippen molar-refractivity contribution in [2.45, 2.75) is 20.0 Å². The summed E-state index contributed by atoms with van der Waals surface area (Å²) in [5.41, 5.74) is 1.98. The number of nitrogens with one attached hydrogen (secondary N) is 1. The summed E-state index contributed by atoms with van der Waals surface area (Å²) in [6.45, 7) is 3.86. The molecule has 0 radical (unpaired) electrons. The average molecular weight is 236 g/mol. The number of nitrogens with zero attached hydrogens (tertiary/aromatic N) is 1. The van der Waals surface area contributed by atoms with E-state index in [4.69, 9.17) is 4.74 Å². The lowest BCUT2D eigenvalue weighted by molar-refractivity contribution is -0.145. The van der Waals surface area contributed by atoms with Crippen molar-refractivity contribution < 1.29 is 9.53 Å². The Kier molecular flexibility index (Phi) is 4.82. The zero-order valence-electron chi connectivity index (χ0n) is 10.9. The van der Waals surface area contributed by atoms with Crippen LogP contribution in [0.2, 0.25) is 0 Å². The first-order valence-electron chi connectivity index (χ1n) is 5.70. The van der Waals surface area contributed by atoms with Crippen LogP contribution in [0.1, 0.15) is 13.8 Å². The highest BCUT2D eigenvalue weighted by molar-refractivity contribution is 5.78.